The first-order chi connectivity index (χ1) is 19.4. The highest BCUT2D eigenvalue weighted by atomic mass is 32.1. The molecule has 0 saturated carbocycles. The number of aromatic nitrogens is 1. The standard InChI is InChI=1S/C32H36N4O3S/c1-21-22(2)28(39-29-12-15-33-27-20-31(38-4)30(37-3)19-25(27)29)11-10-26(21)34-32(40)35-36-16-13-24(14-17-36)18-23-8-6-5-7-9-23/h5-12,15,19-20,24H,13-14,16-18H2,1-4H3,(H2,34,35,40). The number of thiocarbonyl (C=S) groups is 1. The van der Waals surface area contributed by atoms with Crippen LogP contribution < -0.4 is 25.0 Å². The predicted molar refractivity (Wildman–Crippen MR) is 165 cm³/mol. The molecule has 2 N–H and O–H groups in total. The van der Waals surface area contributed by atoms with E-state index in [9.17, 15) is 0 Å². The number of anilines is 1. The third kappa shape index (κ3) is 6.29. The van der Waals surface area contributed by atoms with Gasteiger partial charge < -0.3 is 19.5 Å². The average molecular weight is 557 g/mol. The van der Waals surface area contributed by atoms with Crippen molar-refractivity contribution in [1.82, 2.24) is 15.4 Å². The molecule has 0 unspecified atom stereocenters. The van der Waals surface area contributed by atoms with Crippen LogP contribution in [0.1, 0.15) is 29.5 Å². The van der Waals surface area contributed by atoms with Crippen molar-refractivity contribution < 1.29 is 14.2 Å². The number of hydrazine groups is 1. The van der Waals surface area contributed by atoms with E-state index < -0.39 is 0 Å². The van der Waals surface area contributed by atoms with Crippen molar-refractivity contribution >= 4 is 33.9 Å². The Labute approximate surface area is 241 Å². The third-order valence-corrected chi connectivity index (χ3v) is 7.85. The van der Waals surface area contributed by atoms with E-state index in [1.807, 2.05) is 30.3 Å². The lowest BCUT2D eigenvalue weighted by Gasteiger charge is -2.33. The molecule has 0 spiro atoms. The topological polar surface area (TPSA) is 67.9 Å². The maximum Gasteiger partial charge on any atom is 0.185 e. The van der Waals surface area contributed by atoms with Crippen LogP contribution in [0.4, 0.5) is 5.69 Å². The number of fused-ring (bicyclic) bond motifs is 1. The van der Waals surface area contributed by atoms with E-state index in [2.05, 4.69) is 64.9 Å². The molecule has 0 amide bonds. The van der Waals surface area contributed by atoms with E-state index in [-0.39, 0.29) is 0 Å². The minimum absolute atomic E-state index is 0.596. The highest BCUT2D eigenvalue weighted by Crippen LogP contribution is 2.38. The Morgan fingerprint density at radius 1 is 0.900 bits per heavy atom. The molecule has 1 aliphatic rings. The van der Waals surface area contributed by atoms with Crippen LogP contribution in [-0.4, -0.2) is 42.4 Å². The molecule has 0 aliphatic carbocycles. The fourth-order valence-electron chi connectivity index (χ4n) is 5.19. The molecule has 40 heavy (non-hydrogen) atoms. The number of methoxy groups -OCH3 is 2. The first-order valence-corrected chi connectivity index (χ1v) is 14.0. The highest BCUT2D eigenvalue weighted by molar-refractivity contribution is 7.80. The summed E-state index contributed by atoms with van der Waals surface area (Å²) in [7, 11) is 3.23. The molecule has 3 aromatic carbocycles. The summed E-state index contributed by atoms with van der Waals surface area (Å²) in [5.41, 5.74) is 8.62. The van der Waals surface area contributed by atoms with Crippen molar-refractivity contribution in [1.29, 1.82) is 0 Å². The average Bonchev–Trinajstić information content (AvgIpc) is 2.98. The van der Waals surface area contributed by atoms with Crippen molar-refractivity contribution in [3.63, 3.8) is 0 Å². The minimum atomic E-state index is 0.596. The predicted octanol–water partition coefficient (Wildman–Crippen LogP) is 6.82. The fourth-order valence-corrected chi connectivity index (χ4v) is 5.43. The number of piperidine rings is 1. The molecule has 5 rings (SSSR count). The van der Waals surface area contributed by atoms with Gasteiger partial charge in [-0.05, 0) is 92.2 Å². The molecule has 0 radical (unpaired) electrons. The Bertz CT molecular complexity index is 1490. The van der Waals surface area contributed by atoms with E-state index >= 15 is 0 Å². The van der Waals surface area contributed by atoms with Gasteiger partial charge >= 0.3 is 0 Å². The van der Waals surface area contributed by atoms with E-state index in [0.717, 1.165) is 65.8 Å². The van der Waals surface area contributed by atoms with Crippen LogP contribution in [-0.2, 0) is 6.42 Å². The molecular weight excluding hydrogens is 520 g/mol. The number of pyridine rings is 1. The van der Waals surface area contributed by atoms with Gasteiger partial charge in [0.1, 0.15) is 11.5 Å². The summed E-state index contributed by atoms with van der Waals surface area (Å²) in [5.74, 6) is 3.43. The highest BCUT2D eigenvalue weighted by Gasteiger charge is 2.20. The van der Waals surface area contributed by atoms with Crippen LogP contribution in [0, 0.1) is 19.8 Å². The Kier molecular flexibility index (Phi) is 8.67. The minimum Gasteiger partial charge on any atom is -0.493 e. The lowest BCUT2D eigenvalue weighted by Crippen LogP contribution is -2.48. The van der Waals surface area contributed by atoms with Crippen LogP contribution in [0.3, 0.4) is 0 Å². The van der Waals surface area contributed by atoms with Gasteiger partial charge in [0.05, 0.1) is 19.7 Å². The van der Waals surface area contributed by atoms with Crippen molar-refractivity contribution in [3.05, 3.63) is 83.6 Å². The van der Waals surface area contributed by atoms with Gasteiger partial charge in [0.15, 0.2) is 16.6 Å². The molecule has 4 aromatic rings. The van der Waals surface area contributed by atoms with Gasteiger partial charge in [0.25, 0.3) is 0 Å². The van der Waals surface area contributed by atoms with Crippen LogP contribution in [0.2, 0.25) is 0 Å². The van der Waals surface area contributed by atoms with Gasteiger partial charge in [0, 0.05) is 36.4 Å². The molecule has 1 saturated heterocycles. The number of nitrogens with zero attached hydrogens (tertiary/aromatic N) is 2. The zero-order valence-electron chi connectivity index (χ0n) is 23.5. The molecule has 1 fully saturated rings. The van der Waals surface area contributed by atoms with Crippen LogP contribution >= 0.6 is 12.2 Å². The zero-order chi connectivity index (χ0) is 28.1. The quantitative estimate of drug-likeness (QED) is 0.229. The summed E-state index contributed by atoms with van der Waals surface area (Å²) < 4.78 is 17.3. The van der Waals surface area contributed by atoms with Crippen LogP contribution in [0.25, 0.3) is 10.9 Å². The van der Waals surface area contributed by atoms with Gasteiger partial charge in [-0.2, -0.15) is 0 Å². The second-order valence-corrected chi connectivity index (χ2v) is 10.6. The van der Waals surface area contributed by atoms with E-state index in [0.29, 0.717) is 28.3 Å². The fraction of sp³-hybridized carbons (Fsp3) is 0.312. The Balaban J connectivity index is 1.21. The monoisotopic (exact) mass is 556 g/mol. The number of hydrogen-bond acceptors (Lipinski definition) is 6. The zero-order valence-corrected chi connectivity index (χ0v) is 24.3. The molecule has 1 aromatic heterocycles. The summed E-state index contributed by atoms with van der Waals surface area (Å²) >= 11 is 5.66. The van der Waals surface area contributed by atoms with Gasteiger partial charge in [-0.15, -0.1) is 0 Å². The SMILES string of the molecule is COc1cc2nccc(Oc3ccc(NC(=S)NN4CCC(Cc5ccccc5)CC4)c(C)c3C)c2cc1OC. The van der Waals surface area contributed by atoms with E-state index in [4.69, 9.17) is 26.4 Å². The Morgan fingerprint density at radius 2 is 1.62 bits per heavy atom. The van der Waals surface area contributed by atoms with Crippen LogP contribution in [0.15, 0.2) is 66.9 Å². The first-order valence-electron chi connectivity index (χ1n) is 13.6. The largest absolute Gasteiger partial charge is 0.493 e. The lowest BCUT2D eigenvalue weighted by atomic mass is 9.91. The Hall–Kier alpha value is -3.88. The normalized spacial score (nSPS) is 14.1. The van der Waals surface area contributed by atoms with E-state index in [1.165, 1.54) is 5.56 Å². The Morgan fingerprint density at radius 3 is 2.35 bits per heavy atom. The smallest absolute Gasteiger partial charge is 0.185 e. The van der Waals surface area contributed by atoms with Crippen molar-refractivity contribution in [2.75, 3.05) is 32.6 Å². The number of ether oxygens (including phenoxy) is 3. The van der Waals surface area contributed by atoms with Gasteiger partial charge in [-0.1, -0.05) is 30.3 Å². The second-order valence-electron chi connectivity index (χ2n) is 10.2. The molecular formula is C32H36N4O3S. The van der Waals surface area contributed by atoms with E-state index in [1.54, 1.807) is 20.4 Å². The third-order valence-electron chi connectivity index (χ3n) is 7.65. The summed E-state index contributed by atoms with van der Waals surface area (Å²) in [6.07, 6.45) is 5.17. The molecule has 1 aliphatic heterocycles. The number of benzene rings is 3. The number of rotatable bonds is 8. The van der Waals surface area contributed by atoms with Gasteiger partial charge in [0.2, 0.25) is 0 Å². The van der Waals surface area contributed by atoms with Crippen molar-refractivity contribution in [3.8, 4) is 23.0 Å². The molecule has 8 heteroatoms. The molecule has 0 atom stereocenters. The summed E-state index contributed by atoms with van der Waals surface area (Å²) in [4.78, 5) is 4.47. The number of nitrogens with one attached hydrogen (secondary N) is 2. The lowest BCUT2D eigenvalue weighted by molar-refractivity contribution is 0.157. The first kappa shape index (κ1) is 27.7. The molecule has 208 valence electrons. The number of hydrogen-bond donors (Lipinski definition) is 2. The van der Waals surface area contributed by atoms with Crippen molar-refractivity contribution in [2.45, 2.75) is 33.1 Å². The molecule has 0 bridgehead atoms. The molecule has 2 heterocycles. The van der Waals surface area contributed by atoms with Gasteiger partial charge in [-0.25, -0.2) is 5.01 Å². The van der Waals surface area contributed by atoms with Crippen LogP contribution in [0.5, 0.6) is 23.0 Å². The molecule has 7 nitrogen and oxygen atoms in total. The maximum atomic E-state index is 6.39. The summed E-state index contributed by atoms with van der Waals surface area (Å²) in [6.45, 7) is 6.07. The maximum absolute atomic E-state index is 6.39. The second kappa shape index (κ2) is 12.5. The van der Waals surface area contributed by atoms with Gasteiger partial charge in [-0.3, -0.25) is 10.4 Å². The summed E-state index contributed by atoms with van der Waals surface area (Å²) in [5, 5.41) is 7.04. The van der Waals surface area contributed by atoms with Crippen molar-refractivity contribution in [2.24, 2.45) is 5.92 Å². The summed E-state index contributed by atoms with van der Waals surface area (Å²) in [6, 6.07) is 20.3.